The summed E-state index contributed by atoms with van der Waals surface area (Å²) in [4.78, 5) is 11.0. The van der Waals surface area contributed by atoms with Crippen molar-refractivity contribution < 1.29 is 22.9 Å². The van der Waals surface area contributed by atoms with Crippen molar-refractivity contribution in [2.75, 3.05) is 13.2 Å². The normalized spacial score (nSPS) is 12.7. The maximum Gasteiger partial charge on any atom is 0.530 e. The molecule has 0 atom stereocenters. The van der Waals surface area contributed by atoms with Crippen LogP contribution in [-0.2, 0) is 22.9 Å². The quantitative estimate of drug-likeness (QED) is 0.386. The van der Waals surface area contributed by atoms with Crippen LogP contribution in [0.5, 0.6) is 0 Å². The van der Waals surface area contributed by atoms with Gasteiger partial charge in [0.05, 0.1) is 13.2 Å². The molecule has 0 radical (unpaired) electrons. The molecule has 0 aromatic heterocycles. The van der Waals surface area contributed by atoms with Crippen LogP contribution in [0, 0.1) is 0 Å². The van der Waals surface area contributed by atoms with Gasteiger partial charge in [0.25, 0.3) is 0 Å². The topological polar surface area (TPSA) is 61.8 Å². The standard InChI is InChI=1S/C9H17O5P/c1-5-9(8(4)10)14-15(11,12-6-2)13-7-3/h5H,6-7H2,1-4H3. The first-order chi connectivity index (χ1) is 6.99. The Morgan fingerprint density at radius 2 is 1.73 bits per heavy atom. The van der Waals surface area contributed by atoms with Crippen molar-refractivity contribution in [3.8, 4) is 0 Å². The fourth-order valence-electron chi connectivity index (χ4n) is 0.847. The zero-order valence-corrected chi connectivity index (χ0v) is 10.4. The van der Waals surface area contributed by atoms with Crippen LogP contribution in [0.2, 0.25) is 0 Å². The highest BCUT2D eigenvalue weighted by atomic mass is 31.2. The molecule has 0 aliphatic rings. The summed E-state index contributed by atoms with van der Waals surface area (Å²) < 4.78 is 26.5. The monoisotopic (exact) mass is 236 g/mol. The predicted octanol–water partition coefficient (Wildman–Crippen LogP) is 2.68. The first kappa shape index (κ1) is 14.4. The lowest BCUT2D eigenvalue weighted by Crippen LogP contribution is -2.05. The SMILES string of the molecule is CC=C(OP(=O)(OCC)OCC)C(C)=O. The molecule has 15 heavy (non-hydrogen) atoms. The van der Waals surface area contributed by atoms with Gasteiger partial charge < -0.3 is 4.52 Å². The molecular formula is C9H17O5P. The number of Topliss-reactive ketones (excluding diaryl/α,β-unsaturated/α-hetero) is 1. The van der Waals surface area contributed by atoms with Crippen LogP contribution in [-0.4, -0.2) is 19.0 Å². The molecule has 0 N–H and O–H groups in total. The number of phosphoric ester groups is 1. The number of carbonyl (C=O) groups is 1. The largest absolute Gasteiger partial charge is 0.530 e. The summed E-state index contributed by atoms with van der Waals surface area (Å²) in [5.41, 5.74) is 0. The molecule has 0 aliphatic carbocycles. The molecule has 0 unspecified atom stereocenters. The van der Waals surface area contributed by atoms with Crippen LogP contribution in [0.3, 0.4) is 0 Å². The molecule has 0 heterocycles. The summed E-state index contributed by atoms with van der Waals surface area (Å²) in [6.45, 7) is 6.63. The summed E-state index contributed by atoms with van der Waals surface area (Å²) in [5, 5.41) is 0. The molecule has 0 saturated carbocycles. The summed E-state index contributed by atoms with van der Waals surface area (Å²) in [6.07, 6.45) is 1.42. The van der Waals surface area contributed by atoms with Crippen LogP contribution >= 0.6 is 7.82 Å². The number of phosphoric acid groups is 1. The van der Waals surface area contributed by atoms with E-state index in [2.05, 4.69) is 0 Å². The van der Waals surface area contributed by atoms with Gasteiger partial charge in [0.1, 0.15) is 0 Å². The van der Waals surface area contributed by atoms with Crippen molar-refractivity contribution in [1.82, 2.24) is 0 Å². The maximum absolute atomic E-state index is 11.8. The van der Waals surface area contributed by atoms with Gasteiger partial charge >= 0.3 is 7.82 Å². The number of ketones is 1. The van der Waals surface area contributed by atoms with Crippen LogP contribution in [0.15, 0.2) is 11.8 Å². The van der Waals surface area contributed by atoms with Crippen LogP contribution in [0.1, 0.15) is 27.7 Å². The van der Waals surface area contributed by atoms with Crippen LogP contribution < -0.4 is 0 Å². The zero-order valence-electron chi connectivity index (χ0n) is 9.48. The lowest BCUT2D eigenvalue weighted by Gasteiger charge is -2.17. The smallest absolute Gasteiger partial charge is 0.401 e. The van der Waals surface area contributed by atoms with E-state index >= 15 is 0 Å². The summed E-state index contributed by atoms with van der Waals surface area (Å²) in [5.74, 6) is -0.336. The Bertz CT molecular complexity index is 274. The number of hydrogen-bond acceptors (Lipinski definition) is 5. The molecule has 0 spiro atoms. The third kappa shape index (κ3) is 5.11. The van der Waals surface area contributed by atoms with Gasteiger partial charge in [-0.3, -0.25) is 13.8 Å². The molecule has 0 aliphatic heterocycles. The molecule has 0 rings (SSSR count). The molecule has 0 saturated heterocycles. The van der Waals surface area contributed by atoms with Crippen molar-refractivity contribution >= 4 is 13.6 Å². The fraction of sp³-hybridized carbons (Fsp3) is 0.667. The van der Waals surface area contributed by atoms with E-state index in [0.29, 0.717) is 0 Å². The van der Waals surface area contributed by atoms with Gasteiger partial charge in [-0.15, -0.1) is 0 Å². The van der Waals surface area contributed by atoms with Gasteiger partial charge in [-0.1, -0.05) is 0 Å². The Balaban J connectivity index is 4.67. The summed E-state index contributed by atoms with van der Waals surface area (Å²) in [7, 11) is -3.64. The molecule has 5 nitrogen and oxygen atoms in total. The molecule has 0 fully saturated rings. The molecule has 6 heteroatoms. The average molecular weight is 236 g/mol. The van der Waals surface area contributed by atoms with E-state index in [-0.39, 0.29) is 24.8 Å². The number of allylic oxidation sites excluding steroid dienone is 2. The molecule has 0 amide bonds. The second-order valence-corrected chi connectivity index (χ2v) is 4.18. The van der Waals surface area contributed by atoms with Crippen molar-refractivity contribution in [2.45, 2.75) is 27.7 Å². The second-order valence-electron chi connectivity index (χ2n) is 2.58. The Hall–Kier alpha value is -0.640. The zero-order chi connectivity index (χ0) is 11.9. The molecule has 0 bridgehead atoms. The van der Waals surface area contributed by atoms with Crippen LogP contribution in [0.4, 0.5) is 0 Å². The van der Waals surface area contributed by atoms with E-state index in [4.69, 9.17) is 13.6 Å². The average Bonchev–Trinajstić information content (AvgIpc) is 2.14. The Morgan fingerprint density at radius 1 is 1.27 bits per heavy atom. The third-order valence-electron chi connectivity index (χ3n) is 1.39. The fourth-order valence-corrected chi connectivity index (χ4v) is 2.13. The van der Waals surface area contributed by atoms with Crippen molar-refractivity contribution in [3.63, 3.8) is 0 Å². The minimum Gasteiger partial charge on any atom is -0.401 e. The van der Waals surface area contributed by atoms with E-state index in [1.807, 2.05) is 0 Å². The Labute approximate surface area is 90.0 Å². The molecule has 0 aromatic rings. The van der Waals surface area contributed by atoms with Crippen molar-refractivity contribution in [3.05, 3.63) is 11.8 Å². The third-order valence-corrected chi connectivity index (χ3v) is 2.96. The van der Waals surface area contributed by atoms with Crippen LogP contribution in [0.25, 0.3) is 0 Å². The van der Waals surface area contributed by atoms with Gasteiger partial charge in [0, 0.05) is 6.92 Å². The van der Waals surface area contributed by atoms with Gasteiger partial charge in [-0.2, -0.15) is 0 Å². The second kappa shape index (κ2) is 6.77. The van der Waals surface area contributed by atoms with E-state index in [9.17, 15) is 9.36 Å². The minimum absolute atomic E-state index is 0.0137. The van der Waals surface area contributed by atoms with Crippen molar-refractivity contribution in [2.24, 2.45) is 0 Å². The lowest BCUT2D eigenvalue weighted by atomic mass is 10.3. The summed E-state index contributed by atoms with van der Waals surface area (Å²) in [6, 6.07) is 0. The number of hydrogen-bond donors (Lipinski definition) is 0. The van der Waals surface area contributed by atoms with Gasteiger partial charge in [0.2, 0.25) is 0 Å². The van der Waals surface area contributed by atoms with Crippen molar-refractivity contribution in [1.29, 1.82) is 0 Å². The molecule has 0 aromatic carbocycles. The first-order valence-corrected chi connectivity index (χ1v) is 6.21. The van der Waals surface area contributed by atoms with Gasteiger partial charge in [0.15, 0.2) is 11.5 Å². The lowest BCUT2D eigenvalue weighted by molar-refractivity contribution is -0.115. The number of rotatable bonds is 7. The minimum atomic E-state index is -3.64. The van der Waals surface area contributed by atoms with E-state index in [1.165, 1.54) is 13.0 Å². The van der Waals surface area contributed by atoms with E-state index in [0.717, 1.165) is 0 Å². The van der Waals surface area contributed by atoms with Gasteiger partial charge in [-0.05, 0) is 26.8 Å². The summed E-state index contributed by atoms with van der Waals surface area (Å²) >= 11 is 0. The number of carbonyl (C=O) groups excluding carboxylic acids is 1. The Kier molecular flexibility index (Phi) is 6.48. The highest BCUT2D eigenvalue weighted by Crippen LogP contribution is 2.51. The Morgan fingerprint density at radius 3 is 2.00 bits per heavy atom. The highest BCUT2D eigenvalue weighted by Gasteiger charge is 2.29. The van der Waals surface area contributed by atoms with Gasteiger partial charge in [-0.25, -0.2) is 4.57 Å². The first-order valence-electron chi connectivity index (χ1n) is 4.75. The predicted molar refractivity (Wildman–Crippen MR) is 56.4 cm³/mol. The molecule has 88 valence electrons. The van der Waals surface area contributed by atoms with E-state index < -0.39 is 7.82 Å². The highest BCUT2D eigenvalue weighted by molar-refractivity contribution is 7.48. The molecular weight excluding hydrogens is 219 g/mol. The maximum atomic E-state index is 11.8. The van der Waals surface area contributed by atoms with E-state index in [1.54, 1.807) is 20.8 Å².